The zero-order chi connectivity index (χ0) is 19.5. The predicted octanol–water partition coefficient (Wildman–Crippen LogP) is 3.21. The van der Waals surface area contributed by atoms with Crippen LogP contribution in [0, 0.1) is 0 Å². The molecule has 142 valence electrons. The van der Waals surface area contributed by atoms with Gasteiger partial charge in [0.25, 0.3) is 0 Å². The van der Waals surface area contributed by atoms with Crippen LogP contribution < -0.4 is 5.46 Å². The van der Waals surface area contributed by atoms with Crippen molar-refractivity contribution in [2.45, 2.75) is 63.3 Å². The Bertz CT molecular complexity index is 722. The molecule has 1 saturated heterocycles. The molecular formula is C18H22BF3O4. The van der Waals surface area contributed by atoms with Crippen LogP contribution in [0.15, 0.2) is 18.2 Å². The van der Waals surface area contributed by atoms with E-state index in [1.54, 1.807) is 0 Å². The summed E-state index contributed by atoms with van der Waals surface area (Å²) in [6.45, 7) is 7.34. The molecule has 2 fully saturated rings. The standard InChI is InChI=1S/C18H22BF3O4/c1-15(2)16(3,4)26-19(25-15)11-6-7-12(13(10-11)18(20,21)22)17(8-9-17)14(23)24-5/h6-7,10H,8-9H2,1-5H3. The number of ether oxygens (including phenoxy) is 1. The van der Waals surface area contributed by atoms with Crippen molar-refractivity contribution in [2.75, 3.05) is 7.11 Å². The van der Waals surface area contributed by atoms with Crippen molar-refractivity contribution in [3.63, 3.8) is 0 Å². The third-order valence-electron chi connectivity index (χ3n) is 5.72. The summed E-state index contributed by atoms with van der Waals surface area (Å²) in [5.41, 5.74) is -3.12. The fourth-order valence-electron chi connectivity index (χ4n) is 3.24. The summed E-state index contributed by atoms with van der Waals surface area (Å²) < 4.78 is 57.6. The minimum Gasteiger partial charge on any atom is -0.468 e. The van der Waals surface area contributed by atoms with Crippen LogP contribution in [0.5, 0.6) is 0 Å². The number of rotatable bonds is 3. The first-order chi connectivity index (χ1) is 11.8. The lowest BCUT2D eigenvalue weighted by Gasteiger charge is -2.32. The molecule has 1 saturated carbocycles. The average molecular weight is 370 g/mol. The Morgan fingerprint density at radius 1 is 1.12 bits per heavy atom. The van der Waals surface area contributed by atoms with Crippen molar-refractivity contribution in [1.82, 2.24) is 0 Å². The molecule has 1 heterocycles. The second-order valence-electron chi connectivity index (χ2n) is 7.96. The molecule has 0 amide bonds. The zero-order valence-electron chi connectivity index (χ0n) is 15.5. The van der Waals surface area contributed by atoms with E-state index in [-0.39, 0.29) is 11.0 Å². The molecule has 1 aromatic carbocycles. The first-order valence-corrected chi connectivity index (χ1v) is 8.50. The number of carbonyl (C=O) groups is 1. The van der Waals surface area contributed by atoms with Gasteiger partial charge in [0.15, 0.2) is 0 Å². The van der Waals surface area contributed by atoms with Gasteiger partial charge in [0.1, 0.15) is 0 Å². The molecule has 0 spiro atoms. The second-order valence-corrected chi connectivity index (χ2v) is 7.96. The molecular weight excluding hydrogens is 348 g/mol. The third kappa shape index (κ3) is 2.93. The molecule has 2 aliphatic rings. The monoisotopic (exact) mass is 370 g/mol. The van der Waals surface area contributed by atoms with E-state index >= 15 is 0 Å². The van der Waals surface area contributed by atoms with Crippen LogP contribution >= 0.6 is 0 Å². The average Bonchev–Trinajstić information content (AvgIpc) is 3.29. The minimum atomic E-state index is -4.60. The highest BCUT2D eigenvalue weighted by Crippen LogP contribution is 2.52. The van der Waals surface area contributed by atoms with Crippen molar-refractivity contribution in [2.24, 2.45) is 0 Å². The van der Waals surface area contributed by atoms with Crippen molar-refractivity contribution < 1.29 is 32.0 Å². The van der Waals surface area contributed by atoms with E-state index < -0.39 is 41.4 Å². The summed E-state index contributed by atoms with van der Waals surface area (Å²) in [7, 11) is 0.289. The van der Waals surface area contributed by atoms with E-state index in [1.807, 2.05) is 27.7 Å². The van der Waals surface area contributed by atoms with E-state index in [0.29, 0.717) is 12.8 Å². The molecule has 0 radical (unpaired) electrons. The SMILES string of the molecule is COC(=O)C1(c2ccc(B3OC(C)(C)C(C)(C)O3)cc2C(F)(F)F)CC1. The van der Waals surface area contributed by atoms with Gasteiger partial charge in [-0.25, -0.2) is 0 Å². The lowest BCUT2D eigenvalue weighted by atomic mass is 9.76. The van der Waals surface area contributed by atoms with Gasteiger partial charge < -0.3 is 14.0 Å². The summed E-state index contributed by atoms with van der Waals surface area (Å²) >= 11 is 0. The molecule has 0 aromatic heterocycles. The molecule has 8 heteroatoms. The lowest BCUT2D eigenvalue weighted by molar-refractivity contribution is -0.145. The van der Waals surface area contributed by atoms with Crippen LogP contribution in [0.4, 0.5) is 13.2 Å². The Morgan fingerprint density at radius 3 is 2.08 bits per heavy atom. The van der Waals surface area contributed by atoms with Gasteiger partial charge in [-0.05, 0) is 57.6 Å². The third-order valence-corrected chi connectivity index (χ3v) is 5.72. The molecule has 1 aliphatic carbocycles. The number of hydrogen-bond donors (Lipinski definition) is 0. The van der Waals surface area contributed by atoms with Crippen LogP contribution in [0.25, 0.3) is 0 Å². The van der Waals surface area contributed by atoms with Crippen LogP contribution in [-0.4, -0.2) is 31.4 Å². The molecule has 1 aliphatic heterocycles. The van der Waals surface area contributed by atoms with E-state index in [9.17, 15) is 18.0 Å². The first-order valence-electron chi connectivity index (χ1n) is 8.50. The van der Waals surface area contributed by atoms with E-state index in [2.05, 4.69) is 0 Å². The number of esters is 1. The Morgan fingerprint density at radius 2 is 1.65 bits per heavy atom. The molecule has 4 nitrogen and oxygen atoms in total. The fourth-order valence-corrected chi connectivity index (χ4v) is 3.24. The maximum Gasteiger partial charge on any atom is 0.494 e. The minimum absolute atomic E-state index is 0.0443. The largest absolute Gasteiger partial charge is 0.494 e. The summed E-state index contributed by atoms with van der Waals surface area (Å²) in [5, 5.41) is 0. The van der Waals surface area contributed by atoms with E-state index in [1.165, 1.54) is 19.2 Å². The van der Waals surface area contributed by atoms with Gasteiger partial charge in [0.2, 0.25) is 0 Å². The summed E-state index contributed by atoms with van der Waals surface area (Å²) in [5.74, 6) is -0.633. The predicted molar refractivity (Wildman–Crippen MR) is 90.1 cm³/mol. The van der Waals surface area contributed by atoms with Crippen LogP contribution in [-0.2, 0) is 30.4 Å². The van der Waals surface area contributed by atoms with Crippen molar-refractivity contribution in [3.05, 3.63) is 29.3 Å². The molecule has 26 heavy (non-hydrogen) atoms. The summed E-state index contributed by atoms with van der Waals surface area (Å²) in [4.78, 5) is 12.0. The van der Waals surface area contributed by atoms with Crippen LogP contribution in [0.1, 0.15) is 51.7 Å². The van der Waals surface area contributed by atoms with Gasteiger partial charge in [0.05, 0.1) is 29.3 Å². The van der Waals surface area contributed by atoms with Gasteiger partial charge in [-0.15, -0.1) is 0 Å². The Balaban J connectivity index is 2.03. The number of carbonyl (C=O) groups excluding carboxylic acids is 1. The van der Waals surface area contributed by atoms with Crippen molar-refractivity contribution in [1.29, 1.82) is 0 Å². The molecule has 0 bridgehead atoms. The van der Waals surface area contributed by atoms with Crippen molar-refractivity contribution in [3.8, 4) is 0 Å². The highest BCUT2D eigenvalue weighted by atomic mass is 19.4. The van der Waals surface area contributed by atoms with Gasteiger partial charge in [-0.1, -0.05) is 12.1 Å². The number of methoxy groups -OCH3 is 1. The maximum absolute atomic E-state index is 13.7. The van der Waals surface area contributed by atoms with E-state index in [4.69, 9.17) is 14.0 Å². The fraction of sp³-hybridized carbons (Fsp3) is 0.611. The number of alkyl halides is 3. The van der Waals surface area contributed by atoms with Gasteiger partial charge in [-0.3, -0.25) is 4.79 Å². The smallest absolute Gasteiger partial charge is 0.468 e. The summed E-state index contributed by atoms with van der Waals surface area (Å²) in [6, 6.07) is 3.92. The highest BCUT2D eigenvalue weighted by Gasteiger charge is 2.57. The van der Waals surface area contributed by atoms with Crippen LogP contribution in [0.3, 0.4) is 0 Å². The highest BCUT2D eigenvalue weighted by molar-refractivity contribution is 6.62. The van der Waals surface area contributed by atoms with Gasteiger partial charge in [-0.2, -0.15) is 13.2 Å². The number of benzene rings is 1. The lowest BCUT2D eigenvalue weighted by Crippen LogP contribution is -2.41. The van der Waals surface area contributed by atoms with Crippen LogP contribution in [0.2, 0.25) is 0 Å². The quantitative estimate of drug-likeness (QED) is 0.606. The molecule has 3 rings (SSSR count). The Kier molecular flexibility index (Phi) is 4.24. The first kappa shape index (κ1) is 19.2. The topological polar surface area (TPSA) is 44.8 Å². The number of halogens is 3. The molecule has 0 atom stereocenters. The Labute approximate surface area is 151 Å². The molecule has 0 N–H and O–H groups in total. The Hall–Kier alpha value is -1.54. The second kappa shape index (κ2) is 5.73. The van der Waals surface area contributed by atoms with Gasteiger partial charge in [0, 0.05) is 0 Å². The molecule has 1 aromatic rings. The van der Waals surface area contributed by atoms with E-state index in [0.717, 1.165) is 6.07 Å². The molecule has 0 unspecified atom stereocenters. The zero-order valence-corrected chi connectivity index (χ0v) is 15.5. The van der Waals surface area contributed by atoms with Gasteiger partial charge >= 0.3 is 19.3 Å². The summed E-state index contributed by atoms with van der Waals surface area (Å²) in [6.07, 6.45) is -3.91. The maximum atomic E-state index is 13.7. The number of hydrogen-bond acceptors (Lipinski definition) is 4. The van der Waals surface area contributed by atoms with Crippen molar-refractivity contribution >= 4 is 18.6 Å². The normalized spacial score (nSPS) is 23.0.